The number of nitrogens with one attached hydrogen (secondary N) is 1. The van der Waals surface area contributed by atoms with E-state index in [1.807, 2.05) is 6.07 Å². The number of benzene rings is 1. The van der Waals surface area contributed by atoms with Crippen LogP contribution in [0.2, 0.25) is 0 Å². The molecule has 1 aromatic carbocycles. The summed E-state index contributed by atoms with van der Waals surface area (Å²) in [7, 11) is 0. The maximum atomic E-state index is 4.73. The maximum Gasteiger partial charge on any atom is 0.0973 e. The zero-order valence-corrected chi connectivity index (χ0v) is 11.0. The van der Waals surface area contributed by atoms with Gasteiger partial charge in [0.15, 0.2) is 0 Å². The molecule has 3 heteroatoms. The van der Waals surface area contributed by atoms with Gasteiger partial charge in [-0.05, 0) is 13.0 Å². The van der Waals surface area contributed by atoms with E-state index in [9.17, 15) is 0 Å². The Labute approximate surface area is 111 Å². The Balaban J connectivity index is 1.75. The van der Waals surface area contributed by atoms with Crippen molar-refractivity contribution in [2.75, 3.05) is 13.1 Å². The van der Waals surface area contributed by atoms with Gasteiger partial charge in [-0.2, -0.15) is 0 Å². The van der Waals surface area contributed by atoms with Gasteiger partial charge in [-0.3, -0.25) is 0 Å². The molecule has 0 bridgehead atoms. The number of hydrogen-bond donors (Lipinski definition) is 1. The van der Waals surface area contributed by atoms with E-state index in [0.29, 0.717) is 0 Å². The van der Waals surface area contributed by atoms with Crippen LogP contribution in [-0.4, -0.2) is 18.1 Å². The van der Waals surface area contributed by atoms with E-state index in [1.165, 1.54) is 16.1 Å². The van der Waals surface area contributed by atoms with E-state index in [-0.39, 0.29) is 0 Å². The van der Waals surface area contributed by atoms with Gasteiger partial charge in [-0.1, -0.05) is 42.0 Å². The monoisotopic (exact) mass is 256 g/mol. The highest BCUT2D eigenvalue weighted by molar-refractivity contribution is 7.10. The Bertz CT molecular complexity index is 543. The molecular weight excluding hydrogens is 240 g/mol. The summed E-state index contributed by atoms with van der Waals surface area (Å²) in [6, 6.07) is 10.4. The Morgan fingerprint density at radius 3 is 2.89 bits per heavy atom. The van der Waals surface area contributed by atoms with Gasteiger partial charge in [0.2, 0.25) is 0 Å². The van der Waals surface area contributed by atoms with E-state index in [0.717, 1.165) is 31.6 Å². The van der Waals surface area contributed by atoms with E-state index in [2.05, 4.69) is 41.0 Å². The van der Waals surface area contributed by atoms with E-state index in [1.54, 1.807) is 11.3 Å². The van der Waals surface area contributed by atoms with E-state index < -0.39 is 0 Å². The van der Waals surface area contributed by atoms with E-state index in [4.69, 9.17) is 4.98 Å². The van der Waals surface area contributed by atoms with Crippen molar-refractivity contribution in [1.82, 2.24) is 10.3 Å². The third-order valence-corrected chi connectivity index (χ3v) is 4.01. The largest absolute Gasteiger partial charge is 0.313 e. The lowest BCUT2D eigenvalue weighted by molar-refractivity contribution is 0.691. The highest BCUT2D eigenvalue weighted by atomic mass is 32.1. The van der Waals surface area contributed by atoms with Crippen LogP contribution in [0.1, 0.15) is 11.4 Å². The molecule has 0 radical (unpaired) electrons. The topological polar surface area (TPSA) is 24.9 Å². The Kier molecular flexibility index (Phi) is 3.53. The lowest BCUT2D eigenvalue weighted by Gasteiger charge is -2.12. The number of hydrogen-bond acceptors (Lipinski definition) is 3. The van der Waals surface area contributed by atoms with Gasteiger partial charge in [0.1, 0.15) is 0 Å². The highest BCUT2D eigenvalue weighted by Gasteiger charge is 2.08. The zero-order valence-electron chi connectivity index (χ0n) is 10.2. The highest BCUT2D eigenvalue weighted by Crippen LogP contribution is 2.23. The second-order valence-electron chi connectivity index (χ2n) is 4.49. The SMILES string of the molecule is C1=C(Cc2nc(-c3ccccc3)cs2)CCNC1. The summed E-state index contributed by atoms with van der Waals surface area (Å²) < 4.78 is 0. The molecule has 92 valence electrons. The molecule has 0 atom stereocenters. The molecule has 0 aliphatic carbocycles. The molecule has 0 saturated carbocycles. The average molecular weight is 256 g/mol. The number of aromatic nitrogens is 1. The van der Waals surface area contributed by atoms with Crippen LogP contribution in [0.15, 0.2) is 47.4 Å². The molecule has 0 fully saturated rings. The predicted octanol–water partition coefficient (Wildman–Crippen LogP) is 3.27. The first-order valence-electron chi connectivity index (χ1n) is 6.30. The van der Waals surface area contributed by atoms with Crippen LogP contribution >= 0.6 is 11.3 Å². The first-order valence-corrected chi connectivity index (χ1v) is 7.18. The molecule has 0 spiro atoms. The summed E-state index contributed by atoms with van der Waals surface area (Å²) in [5.41, 5.74) is 3.83. The van der Waals surface area contributed by atoms with Crippen LogP contribution in [0.3, 0.4) is 0 Å². The normalized spacial score (nSPS) is 15.4. The quantitative estimate of drug-likeness (QED) is 0.853. The Morgan fingerprint density at radius 1 is 1.22 bits per heavy atom. The minimum Gasteiger partial charge on any atom is -0.313 e. The van der Waals surface area contributed by atoms with Crippen molar-refractivity contribution in [3.8, 4) is 11.3 Å². The minimum atomic E-state index is 1.01. The van der Waals surface area contributed by atoms with Crippen molar-refractivity contribution in [2.24, 2.45) is 0 Å². The van der Waals surface area contributed by atoms with Crippen molar-refractivity contribution in [3.63, 3.8) is 0 Å². The third kappa shape index (κ3) is 2.68. The lowest BCUT2D eigenvalue weighted by Crippen LogP contribution is -2.21. The van der Waals surface area contributed by atoms with Crippen LogP contribution in [0.25, 0.3) is 11.3 Å². The molecule has 0 saturated heterocycles. The van der Waals surface area contributed by atoms with Crippen LogP contribution in [0, 0.1) is 0 Å². The molecule has 0 amide bonds. The van der Waals surface area contributed by atoms with Crippen LogP contribution in [0.4, 0.5) is 0 Å². The molecule has 2 aromatic rings. The smallest absolute Gasteiger partial charge is 0.0973 e. The summed E-state index contributed by atoms with van der Waals surface area (Å²) >= 11 is 1.77. The molecule has 1 aromatic heterocycles. The third-order valence-electron chi connectivity index (χ3n) is 3.16. The minimum absolute atomic E-state index is 1.01. The van der Waals surface area contributed by atoms with Gasteiger partial charge < -0.3 is 5.32 Å². The van der Waals surface area contributed by atoms with Gasteiger partial charge in [-0.15, -0.1) is 11.3 Å². The lowest BCUT2D eigenvalue weighted by atomic mass is 10.1. The molecule has 0 unspecified atom stereocenters. The van der Waals surface area contributed by atoms with Gasteiger partial charge in [0.25, 0.3) is 0 Å². The zero-order chi connectivity index (χ0) is 12.2. The fourth-order valence-electron chi connectivity index (χ4n) is 2.16. The fourth-order valence-corrected chi connectivity index (χ4v) is 3.01. The summed E-state index contributed by atoms with van der Waals surface area (Å²) in [6.07, 6.45) is 4.46. The summed E-state index contributed by atoms with van der Waals surface area (Å²) in [5, 5.41) is 6.72. The van der Waals surface area contributed by atoms with Gasteiger partial charge in [-0.25, -0.2) is 4.98 Å². The summed E-state index contributed by atoms with van der Waals surface area (Å²) in [4.78, 5) is 4.73. The summed E-state index contributed by atoms with van der Waals surface area (Å²) in [6.45, 7) is 2.11. The molecule has 1 aliphatic rings. The van der Waals surface area contributed by atoms with Crippen molar-refractivity contribution >= 4 is 11.3 Å². The predicted molar refractivity (Wildman–Crippen MR) is 76.8 cm³/mol. The molecule has 18 heavy (non-hydrogen) atoms. The Morgan fingerprint density at radius 2 is 2.11 bits per heavy atom. The van der Waals surface area contributed by atoms with Crippen molar-refractivity contribution in [2.45, 2.75) is 12.8 Å². The van der Waals surface area contributed by atoms with Gasteiger partial charge >= 0.3 is 0 Å². The first-order chi connectivity index (χ1) is 8.92. The second-order valence-corrected chi connectivity index (χ2v) is 5.43. The van der Waals surface area contributed by atoms with Gasteiger partial charge in [0, 0.05) is 23.9 Å². The number of rotatable bonds is 3. The number of thiazole rings is 1. The second kappa shape index (κ2) is 5.46. The van der Waals surface area contributed by atoms with E-state index >= 15 is 0 Å². The van der Waals surface area contributed by atoms with Crippen LogP contribution in [-0.2, 0) is 6.42 Å². The molecule has 1 aliphatic heterocycles. The summed E-state index contributed by atoms with van der Waals surface area (Å²) in [5.74, 6) is 0. The molecule has 2 heterocycles. The van der Waals surface area contributed by atoms with Crippen molar-refractivity contribution in [3.05, 3.63) is 52.4 Å². The number of nitrogens with zero attached hydrogens (tertiary/aromatic N) is 1. The van der Waals surface area contributed by atoms with Crippen LogP contribution < -0.4 is 5.32 Å². The maximum absolute atomic E-state index is 4.73. The molecular formula is C15H16N2S. The standard InChI is InChI=1S/C15H16N2S/c1-2-4-13(5-3-1)14-11-18-15(17-14)10-12-6-8-16-9-7-12/h1-6,11,16H,7-10H2. The Hall–Kier alpha value is -1.45. The van der Waals surface area contributed by atoms with Crippen molar-refractivity contribution in [1.29, 1.82) is 0 Å². The fraction of sp³-hybridized carbons (Fsp3) is 0.267. The van der Waals surface area contributed by atoms with Gasteiger partial charge in [0.05, 0.1) is 10.7 Å². The average Bonchev–Trinajstić information content (AvgIpc) is 2.89. The molecule has 2 nitrogen and oxygen atoms in total. The first kappa shape index (κ1) is 11.6. The molecule has 1 N–H and O–H groups in total. The molecule has 3 rings (SSSR count). The van der Waals surface area contributed by atoms with Crippen LogP contribution in [0.5, 0.6) is 0 Å². The van der Waals surface area contributed by atoms with Crippen molar-refractivity contribution < 1.29 is 0 Å².